The first kappa shape index (κ1) is 11.4. The first-order chi connectivity index (χ1) is 5.48. The van der Waals surface area contributed by atoms with Crippen molar-refractivity contribution in [3.05, 3.63) is 0 Å². The maximum atomic E-state index is 10.9. The van der Waals surface area contributed by atoms with E-state index in [1.807, 2.05) is 6.92 Å². The van der Waals surface area contributed by atoms with Gasteiger partial charge in [0.05, 0.1) is 6.61 Å². The van der Waals surface area contributed by atoms with Gasteiger partial charge in [-0.1, -0.05) is 0 Å². The standard InChI is InChI=1S/C8H16O4/c1-4-11-5-6-12-7(9)8(2,3)10/h10H,4-6H2,1-3H3. The second-order valence-electron chi connectivity index (χ2n) is 2.89. The Hall–Kier alpha value is -0.610. The number of hydrogen-bond donors (Lipinski definition) is 1. The van der Waals surface area contributed by atoms with Crippen LogP contribution in [0.3, 0.4) is 0 Å². The molecule has 0 unspecified atom stereocenters. The second kappa shape index (κ2) is 5.11. The Morgan fingerprint density at radius 2 is 2.00 bits per heavy atom. The molecule has 0 aliphatic carbocycles. The lowest BCUT2D eigenvalue weighted by Gasteiger charge is -2.15. The molecule has 4 nitrogen and oxygen atoms in total. The van der Waals surface area contributed by atoms with E-state index in [9.17, 15) is 4.79 Å². The summed E-state index contributed by atoms with van der Waals surface area (Å²) in [5.74, 6) is -0.623. The third-order valence-electron chi connectivity index (χ3n) is 1.16. The lowest BCUT2D eigenvalue weighted by molar-refractivity contribution is -0.163. The monoisotopic (exact) mass is 176 g/mol. The van der Waals surface area contributed by atoms with Crippen molar-refractivity contribution in [3.63, 3.8) is 0 Å². The average molecular weight is 176 g/mol. The van der Waals surface area contributed by atoms with Crippen molar-refractivity contribution in [3.8, 4) is 0 Å². The number of ether oxygens (including phenoxy) is 2. The number of rotatable bonds is 5. The van der Waals surface area contributed by atoms with Gasteiger partial charge < -0.3 is 14.6 Å². The maximum Gasteiger partial charge on any atom is 0.337 e. The topological polar surface area (TPSA) is 55.8 Å². The van der Waals surface area contributed by atoms with E-state index in [1.165, 1.54) is 13.8 Å². The van der Waals surface area contributed by atoms with Crippen LogP contribution in [0.1, 0.15) is 20.8 Å². The molecular weight excluding hydrogens is 160 g/mol. The van der Waals surface area contributed by atoms with Crippen molar-refractivity contribution in [1.29, 1.82) is 0 Å². The van der Waals surface area contributed by atoms with Crippen molar-refractivity contribution in [2.45, 2.75) is 26.4 Å². The lowest BCUT2D eigenvalue weighted by Crippen LogP contribution is -2.33. The van der Waals surface area contributed by atoms with Gasteiger partial charge in [-0.25, -0.2) is 4.79 Å². The molecule has 12 heavy (non-hydrogen) atoms. The zero-order valence-corrected chi connectivity index (χ0v) is 7.79. The summed E-state index contributed by atoms with van der Waals surface area (Å²) in [6, 6.07) is 0. The van der Waals surface area contributed by atoms with E-state index in [2.05, 4.69) is 0 Å². The summed E-state index contributed by atoms with van der Waals surface area (Å²) in [6.45, 7) is 5.79. The van der Waals surface area contributed by atoms with Crippen LogP contribution in [0.25, 0.3) is 0 Å². The Labute approximate surface area is 72.5 Å². The first-order valence-electron chi connectivity index (χ1n) is 3.95. The molecule has 0 bridgehead atoms. The third kappa shape index (κ3) is 5.09. The summed E-state index contributed by atoms with van der Waals surface area (Å²) in [4.78, 5) is 10.9. The fraction of sp³-hybridized carbons (Fsp3) is 0.875. The molecule has 0 aliphatic rings. The van der Waals surface area contributed by atoms with Gasteiger partial charge in [-0.3, -0.25) is 0 Å². The molecule has 0 heterocycles. The van der Waals surface area contributed by atoms with Crippen LogP contribution in [0, 0.1) is 0 Å². The SMILES string of the molecule is CCOCCOC(=O)C(C)(C)O. The highest BCUT2D eigenvalue weighted by Gasteiger charge is 2.25. The zero-order chi connectivity index (χ0) is 9.61. The molecule has 0 atom stereocenters. The van der Waals surface area contributed by atoms with Crippen LogP contribution in [0.2, 0.25) is 0 Å². The zero-order valence-electron chi connectivity index (χ0n) is 7.79. The highest BCUT2D eigenvalue weighted by Crippen LogP contribution is 2.02. The van der Waals surface area contributed by atoms with E-state index in [0.29, 0.717) is 13.2 Å². The molecule has 0 saturated heterocycles. The van der Waals surface area contributed by atoms with E-state index in [-0.39, 0.29) is 6.61 Å². The lowest BCUT2D eigenvalue weighted by atomic mass is 10.1. The van der Waals surface area contributed by atoms with Gasteiger partial charge in [0.2, 0.25) is 0 Å². The number of hydrogen-bond acceptors (Lipinski definition) is 4. The molecule has 4 heteroatoms. The van der Waals surface area contributed by atoms with Gasteiger partial charge >= 0.3 is 5.97 Å². The van der Waals surface area contributed by atoms with Gasteiger partial charge in [0.1, 0.15) is 6.61 Å². The Morgan fingerprint density at radius 3 is 2.42 bits per heavy atom. The minimum Gasteiger partial charge on any atom is -0.461 e. The van der Waals surface area contributed by atoms with Gasteiger partial charge in [-0.2, -0.15) is 0 Å². The smallest absolute Gasteiger partial charge is 0.337 e. The minimum absolute atomic E-state index is 0.191. The molecule has 1 N–H and O–H groups in total. The van der Waals surface area contributed by atoms with Gasteiger partial charge in [0.15, 0.2) is 5.60 Å². The van der Waals surface area contributed by atoms with Crippen molar-refractivity contribution < 1.29 is 19.4 Å². The number of esters is 1. The minimum atomic E-state index is -1.41. The summed E-state index contributed by atoms with van der Waals surface area (Å²) in [5.41, 5.74) is -1.41. The fourth-order valence-electron chi connectivity index (χ4n) is 0.514. The molecule has 72 valence electrons. The molecule has 0 saturated carbocycles. The molecule has 0 fully saturated rings. The molecule has 0 aromatic carbocycles. The summed E-state index contributed by atoms with van der Waals surface area (Å²) in [5, 5.41) is 9.13. The Morgan fingerprint density at radius 1 is 1.42 bits per heavy atom. The van der Waals surface area contributed by atoms with Gasteiger partial charge in [-0.05, 0) is 20.8 Å². The van der Waals surface area contributed by atoms with Crippen LogP contribution >= 0.6 is 0 Å². The molecule has 0 amide bonds. The number of aliphatic hydroxyl groups is 1. The van der Waals surface area contributed by atoms with Crippen LogP contribution in [-0.2, 0) is 14.3 Å². The maximum absolute atomic E-state index is 10.9. The fourth-order valence-corrected chi connectivity index (χ4v) is 0.514. The molecule has 0 aromatic heterocycles. The summed E-state index contributed by atoms with van der Waals surface area (Å²) in [7, 11) is 0. The van der Waals surface area contributed by atoms with Crippen LogP contribution in [0.15, 0.2) is 0 Å². The van der Waals surface area contributed by atoms with Gasteiger partial charge in [0, 0.05) is 6.61 Å². The Kier molecular flexibility index (Phi) is 4.85. The molecular formula is C8H16O4. The quantitative estimate of drug-likeness (QED) is 0.484. The molecule has 0 aromatic rings. The van der Waals surface area contributed by atoms with Crippen molar-refractivity contribution >= 4 is 5.97 Å². The van der Waals surface area contributed by atoms with Crippen molar-refractivity contribution in [1.82, 2.24) is 0 Å². The van der Waals surface area contributed by atoms with Crippen LogP contribution in [0.4, 0.5) is 0 Å². The van der Waals surface area contributed by atoms with Crippen molar-refractivity contribution in [2.75, 3.05) is 19.8 Å². The van der Waals surface area contributed by atoms with Crippen molar-refractivity contribution in [2.24, 2.45) is 0 Å². The summed E-state index contributed by atoms with van der Waals surface area (Å²) < 4.78 is 9.63. The second-order valence-corrected chi connectivity index (χ2v) is 2.89. The highest BCUT2D eigenvalue weighted by atomic mass is 16.6. The summed E-state index contributed by atoms with van der Waals surface area (Å²) >= 11 is 0. The number of carbonyl (C=O) groups excluding carboxylic acids is 1. The van der Waals surface area contributed by atoms with E-state index >= 15 is 0 Å². The molecule has 0 spiro atoms. The van der Waals surface area contributed by atoms with E-state index in [4.69, 9.17) is 14.6 Å². The van der Waals surface area contributed by atoms with E-state index in [0.717, 1.165) is 0 Å². The molecule has 0 radical (unpaired) electrons. The third-order valence-corrected chi connectivity index (χ3v) is 1.16. The average Bonchev–Trinajstić information content (AvgIpc) is 1.96. The van der Waals surface area contributed by atoms with Gasteiger partial charge in [0.25, 0.3) is 0 Å². The van der Waals surface area contributed by atoms with E-state index < -0.39 is 11.6 Å². The van der Waals surface area contributed by atoms with Gasteiger partial charge in [-0.15, -0.1) is 0 Å². The normalized spacial score (nSPS) is 11.3. The predicted molar refractivity (Wildman–Crippen MR) is 43.7 cm³/mol. The van der Waals surface area contributed by atoms with Crippen LogP contribution in [-0.4, -0.2) is 36.5 Å². The van der Waals surface area contributed by atoms with Crippen LogP contribution in [0.5, 0.6) is 0 Å². The molecule has 0 rings (SSSR count). The Bertz CT molecular complexity index is 136. The van der Waals surface area contributed by atoms with E-state index in [1.54, 1.807) is 0 Å². The predicted octanol–water partition coefficient (Wildman–Crippen LogP) is 0.337. The summed E-state index contributed by atoms with van der Waals surface area (Å²) in [6.07, 6.45) is 0. The molecule has 0 aliphatic heterocycles. The highest BCUT2D eigenvalue weighted by molar-refractivity contribution is 5.78. The Balaban J connectivity index is 3.45. The van der Waals surface area contributed by atoms with Crippen LogP contribution < -0.4 is 0 Å². The first-order valence-corrected chi connectivity index (χ1v) is 3.95. The number of carbonyl (C=O) groups is 1. The largest absolute Gasteiger partial charge is 0.461 e.